The van der Waals surface area contributed by atoms with Crippen molar-refractivity contribution >= 4 is 17.9 Å². The molecule has 1 atom stereocenters. The Morgan fingerprint density at radius 1 is 1.41 bits per heavy atom. The van der Waals surface area contributed by atoms with Gasteiger partial charge in [-0.1, -0.05) is 0 Å². The molecule has 1 saturated heterocycles. The van der Waals surface area contributed by atoms with E-state index in [0.717, 1.165) is 31.9 Å². The number of rotatable bonds is 4. The van der Waals surface area contributed by atoms with Crippen LogP contribution in [0.15, 0.2) is 24.7 Å². The first kappa shape index (κ1) is 14.3. The average Bonchev–Trinajstić information content (AvgIpc) is 2.94. The third kappa shape index (κ3) is 3.00. The van der Waals surface area contributed by atoms with Gasteiger partial charge >= 0.3 is 5.97 Å². The van der Waals surface area contributed by atoms with Gasteiger partial charge in [0.1, 0.15) is 0 Å². The second kappa shape index (κ2) is 6.00. The van der Waals surface area contributed by atoms with Crippen molar-refractivity contribution < 1.29 is 9.90 Å². The molecule has 1 aliphatic heterocycles. The van der Waals surface area contributed by atoms with E-state index in [1.54, 1.807) is 6.20 Å². The van der Waals surface area contributed by atoms with E-state index in [9.17, 15) is 4.79 Å². The smallest absolute Gasteiger partial charge is 0.354 e. The van der Waals surface area contributed by atoms with E-state index >= 15 is 0 Å². The molecule has 1 unspecified atom stereocenters. The number of piperidine rings is 1. The van der Waals surface area contributed by atoms with Crippen LogP contribution in [0.4, 0.5) is 11.9 Å². The number of aromatic carboxylic acids is 1. The molecule has 0 aromatic carbocycles. The number of aromatic nitrogens is 4. The first-order chi connectivity index (χ1) is 10.6. The molecular formula is C14H18N6O2. The lowest BCUT2D eigenvalue weighted by Crippen LogP contribution is -2.43. The number of carboxylic acid groups (broad SMARTS) is 1. The van der Waals surface area contributed by atoms with E-state index in [0.29, 0.717) is 5.95 Å². The fraction of sp³-hybridized carbons (Fsp3) is 0.429. The van der Waals surface area contributed by atoms with Gasteiger partial charge in [0.05, 0.1) is 0 Å². The Balaban J connectivity index is 1.69. The fourth-order valence-corrected chi connectivity index (χ4v) is 2.67. The molecule has 8 nitrogen and oxygen atoms in total. The molecule has 0 radical (unpaired) electrons. The second-order valence-electron chi connectivity index (χ2n) is 5.34. The fourth-order valence-electron chi connectivity index (χ4n) is 2.67. The van der Waals surface area contributed by atoms with Gasteiger partial charge in [-0.3, -0.25) is 0 Å². The molecule has 0 amide bonds. The standard InChI is InChI=1S/C14H18N6O2/c1-19-8-6-16-14(19)20-7-2-3-10(9-20)17-13-15-5-4-11(18-13)12(21)22/h4-6,8,10H,2-3,7,9H2,1H3,(H,21,22)(H,15,17,18). The highest BCUT2D eigenvalue weighted by Gasteiger charge is 2.23. The number of aryl methyl sites for hydroxylation is 1. The summed E-state index contributed by atoms with van der Waals surface area (Å²) in [6, 6.07) is 1.55. The van der Waals surface area contributed by atoms with Crippen molar-refractivity contribution in [2.75, 3.05) is 23.3 Å². The molecule has 0 bridgehead atoms. The summed E-state index contributed by atoms with van der Waals surface area (Å²) in [5.74, 6) is 0.238. The zero-order chi connectivity index (χ0) is 15.5. The molecule has 0 spiro atoms. The monoisotopic (exact) mass is 302 g/mol. The van der Waals surface area contributed by atoms with E-state index < -0.39 is 5.97 Å². The largest absolute Gasteiger partial charge is 0.477 e. The maximum absolute atomic E-state index is 11.0. The number of anilines is 2. The molecule has 8 heteroatoms. The molecule has 2 aromatic rings. The molecule has 2 aromatic heterocycles. The molecule has 2 N–H and O–H groups in total. The van der Waals surface area contributed by atoms with Gasteiger partial charge in [0.2, 0.25) is 11.9 Å². The summed E-state index contributed by atoms with van der Waals surface area (Å²) in [7, 11) is 1.97. The molecule has 3 heterocycles. The van der Waals surface area contributed by atoms with Crippen LogP contribution in [0, 0.1) is 0 Å². The van der Waals surface area contributed by atoms with Crippen molar-refractivity contribution in [3.63, 3.8) is 0 Å². The number of carbonyl (C=O) groups is 1. The van der Waals surface area contributed by atoms with Crippen LogP contribution in [0.2, 0.25) is 0 Å². The summed E-state index contributed by atoms with van der Waals surface area (Å²) in [4.78, 5) is 25.6. The van der Waals surface area contributed by atoms with Crippen molar-refractivity contribution in [2.24, 2.45) is 7.05 Å². The van der Waals surface area contributed by atoms with Crippen molar-refractivity contribution in [3.05, 3.63) is 30.4 Å². The number of nitrogens with zero attached hydrogens (tertiary/aromatic N) is 5. The van der Waals surface area contributed by atoms with Crippen LogP contribution in [0.1, 0.15) is 23.3 Å². The molecule has 3 rings (SSSR count). The predicted molar refractivity (Wildman–Crippen MR) is 81.1 cm³/mol. The average molecular weight is 302 g/mol. The minimum Gasteiger partial charge on any atom is -0.477 e. The van der Waals surface area contributed by atoms with E-state index in [2.05, 4.69) is 25.2 Å². The summed E-state index contributed by atoms with van der Waals surface area (Å²) in [6.07, 6.45) is 7.18. The van der Waals surface area contributed by atoms with Gasteiger partial charge in [-0.05, 0) is 18.9 Å². The van der Waals surface area contributed by atoms with Crippen LogP contribution in [0.25, 0.3) is 0 Å². The summed E-state index contributed by atoms with van der Waals surface area (Å²) in [5.41, 5.74) is -0.00531. The Morgan fingerprint density at radius 3 is 3.00 bits per heavy atom. The lowest BCUT2D eigenvalue weighted by atomic mass is 10.1. The number of hydrogen-bond acceptors (Lipinski definition) is 6. The van der Waals surface area contributed by atoms with Crippen LogP contribution in [0.5, 0.6) is 0 Å². The quantitative estimate of drug-likeness (QED) is 0.869. The molecule has 116 valence electrons. The Morgan fingerprint density at radius 2 is 2.27 bits per heavy atom. The normalized spacial score (nSPS) is 18.2. The zero-order valence-electron chi connectivity index (χ0n) is 12.3. The topological polar surface area (TPSA) is 96.2 Å². The van der Waals surface area contributed by atoms with Crippen molar-refractivity contribution in [1.82, 2.24) is 19.5 Å². The van der Waals surface area contributed by atoms with Crippen LogP contribution in [-0.2, 0) is 7.05 Å². The summed E-state index contributed by atoms with van der Waals surface area (Å²) < 4.78 is 1.99. The summed E-state index contributed by atoms with van der Waals surface area (Å²) in [6.45, 7) is 1.74. The van der Waals surface area contributed by atoms with E-state index in [1.807, 2.05) is 17.8 Å². The maximum atomic E-state index is 11.0. The van der Waals surface area contributed by atoms with Crippen molar-refractivity contribution in [2.45, 2.75) is 18.9 Å². The van der Waals surface area contributed by atoms with Crippen molar-refractivity contribution in [1.29, 1.82) is 0 Å². The summed E-state index contributed by atoms with van der Waals surface area (Å²) in [5, 5.41) is 12.2. The van der Waals surface area contributed by atoms with Crippen LogP contribution < -0.4 is 10.2 Å². The van der Waals surface area contributed by atoms with Gasteiger partial charge in [-0.25, -0.2) is 19.7 Å². The molecule has 1 fully saturated rings. The van der Waals surface area contributed by atoms with Gasteiger partial charge in [-0.15, -0.1) is 0 Å². The molecule has 0 saturated carbocycles. The van der Waals surface area contributed by atoms with E-state index in [-0.39, 0.29) is 11.7 Å². The molecular weight excluding hydrogens is 284 g/mol. The number of hydrogen-bond donors (Lipinski definition) is 2. The van der Waals surface area contributed by atoms with Gasteiger partial charge < -0.3 is 19.9 Å². The van der Waals surface area contributed by atoms with Crippen molar-refractivity contribution in [3.8, 4) is 0 Å². The molecule has 0 aliphatic carbocycles. The first-order valence-electron chi connectivity index (χ1n) is 7.18. The summed E-state index contributed by atoms with van der Waals surface area (Å²) >= 11 is 0. The van der Waals surface area contributed by atoms with Crippen LogP contribution >= 0.6 is 0 Å². The Hall–Kier alpha value is -2.64. The minimum atomic E-state index is -1.05. The Labute approximate surface area is 127 Å². The first-order valence-corrected chi connectivity index (χ1v) is 7.18. The minimum absolute atomic E-state index is 0.00531. The highest BCUT2D eigenvalue weighted by Crippen LogP contribution is 2.19. The highest BCUT2D eigenvalue weighted by molar-refractivity contribution is 5.85. The third-order valence-corrected chi connectivity index (χ3v) is 3.71. The molecule has 1 aliphatic rings. The van der Waals surface area contributed by atoms with Gasteiger partial charge in [-0.2, -0.15) is 0 Å². The lowest BCUT2D eigenvalue weighted by Gasteiger charge is -2.33. The molecule has 22 heavy (non-hydrogen) atoms. The third-order valence-electron chi connectivity index (χ3n) is 3.71. The van der Waals surface area contributed by atoms with E-state index in [1.165, 1.54) is 12.3 Å². The van der Waals surface area contributed by atoms with Gasteiger partial charge in [0.25, 0.3) is 0 Å². The Kier molecular flexibility index (Phi) is 3.90. The van der Waals surface area contributed by atoms with E-state index in [4.69, 9.17) is 5.11 Å². The Bertz CT molecular complexity index is 671. The van der Waals surface area contributed by atoms with Crippen LogP contribution in [0.3, 0.4) is 0 Å². The number of imidazole rings is 1. The van der Waals surface area contributed by atoms with Crippen LogP contribution in [-0.4, -0.2) is 49.7 Å². The SMILES string of the molecule is Cn1ccnc1N1CCCC(Nc2nccc(C(=O)O)n2)C1. The predicted octanol–water partition coefficient (Wildman–Crippen LogP) is 0.989. The lowest BCUT2D eigenvalue weighted by molar-refractivity contribution is 0.0690. The number of carboxylic acids is 1. The highest BCUT2D eigenvalue weighted by atomic mass is 16.4. The number of nitrogens with one attached hydrogen (secondary N) is 1. The maximum Gasteiger partial charge on any atom is 0.354 e. The second-order valence-corrected chi connectivity index (χ2v) is 5.34. The van der Waals surface area contributed by atoms with Gasteiger partial charge in [0.15, 0.2) is 5.69 Å². The van der Waals surface area contributed by atoms with Gasteiger partial charge in [0, 0.05) is 44.8 Å². The zero-order valence-corrected chi connectivity index (χ0v) is 12.3.